The lowest BCUT2D eigenvalue weighted by molar-refractivity contribution is 0.297. The lowest BCUT2D eigenvalue weighted by Crippen LogP contribution is -2.12. The third-order valence-corrected chi connectivity index (χ3v) is 2.53. The monoisotopic (exact) mass is 246 g/mol. The van der Waals surface area contributed by atoms with Crippen molar-refractivity contribution in [3.63, 3.8) is 0 Å². The van der Waals surface area contributed by atoms with Gasteiger partial charge in [0.1, 0.15) is 12.4 Å². The number of imidazole rings is 1. The molecule has 0 spiro atoms. The maximum absolute atomic E-state index is 5.61. The highest BCUT2D eigenvalue weighted by Gasteiger charge is 1.97. The Hall–Kier alpha value is -1.88. The number of pyridine rings is 1. The molecule has 5 nitrogen and oxygen atoms in total. The number of rotatable bonds is 7. The standard InChI is InChI=1S/C13H18N4O/c1-2-14-9-12-3-4-13(10-16-12)18-8-7-17-6-5-15-11-17/h3-6,10-11,14H,2,7-9H2,1H3. The van der Waals surface area contributed by atoms with Gasteiger partial charge in [-0.15, -0.1) is 0 Å². The number of hydrogen-bond acceptors (Lipinski definition) is 4. The molecule has 2 rings (SSSR count). The number of nitrogens with zero attached hydrogens (tertiary/aromatic N) is 3. The third-order valence-electron chi connectivity index (χ3n) is 2.53. The van der Waals surface area contributed by atoms with Gasteiger partial charge in [0.15, 0.2) is 0 Å². The zero-order chi connectivity index (χ0) is 12.6. The van der Waals surface area contributed by atoms with Crippen LogP contribution in [0.4, 0.5) is 0 Å². The number of nitrogens with one attached hydrogen (secondary N) is 1. The van der Waals surface area contributed by atoms with Gasteiger partial charge in [-0.1, -0.05) is 6.92 Å². The average Bonchev–Trinajstić information content (AvgIpc) is 2.91. The summed E-state index contributed by atoms with van der Waals surface area (Å²) in [5, 5.41) is 3.23. The van der Waals surface area contributed by atoms with Crippen molar-refractivity contribution in [1.82, 2.24) is 19.9 Å². The van der Waals surface area contributed by atoms with Crippen LogP contribution in [-0.4, -0.2) is 27.7 Å². The van der Waals surface area contributed by atoms with Gasteiger partial charge >= 0.3 is 0 Å². The summed E-state index contributed by atoms with van der Waals surface area (Å²) >= 11 is 0. The summed E-state index contributed by atoms with van der Waals surface area (Å²) in [6.45, 7) is 5.23. The Labute approximate surface area is 107 Å². The first-order valence-electron chi connectivity index (χ1n) is 6.12. The van der Waals surface area contributed by atoms with E-state index in [-0.39, 0.29) is 0 Å². The van der Waals surface area contributed by atoms with E-state index in [2.05, 4.69) is 22.2 Å². The molecule has 1 N–H and O–H groups in total. The predicted molar refractivity (Wildman–Crippen MR) is 69.3 cm³/mol. The van der Waals surface area contributed by atoms with Crippen molar-refractivity contribution in [3.05, 3.63) is 42.7 Å². The first-order chi connectivity index (χ1) is 8.88. The fourth-order valence-corrected chi connectivity index (χ4v) is 1.54. The molecule has 0 aromatic carbocycles. The summed E-state index contributed by atoms with van der Waals surface area (Å²) in [5.74, 6) is 0.801. The minimum Gasteiger partial charge on any atom is -0.490 e. The van der Waals surface area contributed by atoms with Crippen molar-refractivity contribution < 1.29 is 4.74 Å². The van der Waals surface area contributed by atoms with Crippen LogP contribution in [0.5, 0.6) is 5.75 Å². The molecule has 2 heterocycles. The highest BCUT2D eigenvalue weighted by molar-refractivity contribution is 5.19. The minimum atomic E-state index is 0.616. The third kappa shape index (κ3) is 3.85. The van der Waals surface area contributed by atoms with Gasteiger partial charge < -0.3 is 14.6 Å². The largest absolute Gasteiger partial charge is 0.490 e. The van der Waals surface area contributed by atoms with E-state index in [0.29, 0.717) is 6.61 Å². The molecule has 0 aliphatic carbocycles. The highest BCUT2D eigenvalue weighted by atomic mass is 16.5. The lowest BCUT2D eigenvalue weighted by Gasteiger charge is -2.07. The summed E-state index contributed by atoms with van der Waals surface area (Å²) in [6.07, 6.45) is 7.22. The minimum absolute atomic E-state index is 0.616. The van der Waals surface area contributed by atoms with E-state index in [1.54, 1.807) is 18.7 Å². The van der Waals surface area contributed by atoms with Crippen molar-refractivity contribution >= 4 is 0 Å². The van der Waals surface area contributed by atoms with Gasteiger partial charge in [-0.25, -0.2) is 4.98 Å². The first-order valence-corrected chi connectivity index (χ1v) is 6.12. The molecule has 0 fully saturated rings. The molecule has 2 aromatic rings. The van der Waals surface area contributed by atoms with Crippen molar-refractivity contribution in [2.24, 2.45) is 0 Å². The van der Waals surface area contributed by atoms with Gasteiger partial charge in [-0.2, -0.15) is 0 Å². The number of aromatic nitrogens is 3. The molecule has 0 atom stereocenters. The molecular weight excluding hydrogens is 228 g/mol. The Balaban J connectivity index is 1.75. The lowest BCUT2D eigenvalue weighted by atomic mass is 10.3. The van der Waals surface area contributed by atoms with Gasteiger partial charge in [0, 0.05) is 18.9 Å². The fraction of sp³-hybridized carbons (Fsp3) is 0.385. The van der Waals surface area contributed by atoms with E-state index < -0.39 is 0 Å². The van der Waals surface area contributed by atoms with E-state index in [0.717, 1.165) is 31.1 Å². The van der Waals surface area contributed by atoms with Gasteiger partial charge in [0.25, 0.3) is 0 Å². The number of ether oxygens (including phenoxy) is 1. The van der Waals surface area contributed by atoms with Crippen LogP contribution in [0.3, 0.4) is 0 Å². The second-order valence-corrected chi connectivity index (χ2v) is 3.91. The van der Waals surface area contributed by atoms with E-state index in [4.69, 9.17) is 4.74 Å². The van der Waals surface area contributed by atoms with E-state index in [9.17, 15) is 0 Å². The normalized spacial score (nSPS) is 10.5. The Morgan fingerprint density at radius 3 is 3.00 bits per heavy atom. The van der Waals surface area contributed by atoms with Crippen molar-refractivity contribution in [3.8, 4) is 5.75 Å². The summed E-state index contributed by atoms with van der Waals surface area (Å²) < 4.78 is 7.59. The molecule has 0 bridgehead atoms. The van der Waals surface area contributed by atoms with Crippen LogP contribution in [-0.2, 0) is 13.1 Å². The summed E-state index contributed by atoms with van der Waals surface area (Å²) in [6, 6.07) is 3.93. The quantitative estimate of drug-likeness (QED) is 0.803. The molecule has 96 valence electrons. The second kappa shape index (κ2) is 6.76. The molecule has 0 saturated carbocycles. The van der Waals surface area contributed by atoms with E-state index in [1.165, 1.54) is 0 Å². The number of hydrogen-bond donors (Lipinski definition) is 1. The Morgan fingerprint density at radius 1 is 1.39 bits per heavy atom. The van der Waals surface area contributed by atoms with E-state index >= 15 is 0 Å². The van der Waals surface area contributed by atoms with Crippen LogP contribution in [0.15, 0.2) is 37.1 Å². The maximum atomic E-state index is 5.61. The van der Waals surface area contributed by atoms with Crippen molar-refractivity contribution in [2.75, 3.05) is 13.2 Å². The Bertz CT molecular complexity index is 439. The topological polar surface area (TPSA) is 52.0 Å². The smallest absolute Gasteiger partial charge is 0.137 e. The summed E-state index contributed by atoms with van der Waals surface area (Å²) in [4.78, 5) is 8.30. The molecule has 0 saturated heterocycles. The molecule has 0 aliphatic rings. The van der Waals surface area contributed by atoms with E-state index in [1.807, 2.05) is 22.9 Å². The Kier molecular flexibility index (Phi) is 4.72. The summed E-state index contributed by atoms with van der Waals surface area (Å²) in [5.41, 5.74) is 1.03. The predicted octanol–water partition coefficient (Wildman–Crippen LogP) is 1.47. The molecule has 0 aliphatic heterocycles. The summed E-state index contributed by atoms with van der Waals surface area (Å²) in [7, 11) is 0. The van der Waals surface area contributed by atoms with Crippen LogP contribution in [0, 0.1) is 0 Å². The van der Waals surface area contributed by atoms with Crippen LogP contribution >= 0.6 is 0 Å². The molecular formula is C13H18N4O. The zero-order valence-corrected chi connectivity index (χ0v) is 10.5. The van der Waals surface area contributed by atoms with Gasteiger partial charge in [0.2, 0.25) is 0 Å². The van der Waals surface area contributed by atoms with Crippen molar-refractivity contribution in [2.45, 2.75) is 20.0 Å². The first kappa shape index (κ1) is 12.6. The fourth-order valence-electron chi connectivity index (χ4n) is 1.54. The van der Waals surface area contributed by atoms with Gasteiger partial charge in [-0.3, -0.25) is 4.98 Å². The SMILES string of the molecule is CCNCc1ccc(OCCn2ccnc2)cn1. The van der Waals surface area contributed by atoms with Crippen LogP contribution in [0.1, 0.15) is 12.6 Å². The molecule has 2 aromatic heterocycles. The average molecular weight is 246 g/mol. The molecule has 0 unspecified atom stereocenters. The highest BCUT2D eigenvalue weighted by Crippen LogP contribution is 2.09. The van der Waals surface area contributed by atoms with Crippen molar-refractivity contribution in [1.29, 1.82) is 0 Å². The zero-order valence-electron chi connectivity index (χ0n) is 10.5. The maximum Gasteiger partial charge on any atom is 0.137 e. The van der Waals surface area contributed by atoms with Crippen LogP contribution in [0.2, 0.25) is 0 Å². The van der Waals surface area contributed by atoms with Gasteiger partial charge in [-0.05, 0) is 18.7 Å². The van der Waals surface area contributed by atoms with Gasteiger partial charge in [0.05, 0.1) is 24.8 Å². The van der Waals surface area contributed by atoms with Crippen LogP contribution < -0.4 is 10.1 Å². The molecule has 18 heavy (non-hydrogen) atoms. The molecule has 5 heteroatoms. The second-order valence-electron chi connectivity index (χ2n) is 3.91. The van der Waals surface area contributed by atoms with Crippen LogP contribution in [0.25, 0.3) is 0 Å². The Morgan fingerprint density at radius 2 is 2.33 bits per heavy atom. The molecule has 0 radical (unpaired) electrons. The molecule has 0 amide bonds.